The number of nitrogens with one attached hydrogen (secondary N) is 1. The summed E-state index contributed by atoms with van der Waals surface area (Å²) in [4.78, 5) is 2.02. The van der Waals surface area contributed by atoms with Gasteiger partial charge in [-0.05, 0) is 49.0 Å². The van der Waals surface area contributed by atoms with E-state index in [4.69, 9.17) is 33.3 Å². The maximum absolute atomic E-state index is 13.3. The van der Waals surface area contributed by atoms with Crippen LogP contribution in [-0.2, 0) is 0 Å². The maximum atomic E-state index is 13.3. The summed E-state index contributed by atoms with van der Waals surface area (Å²) in [5.41, 5.74) is 0.647. The molecule has 0 spiro atoms. The number of rotatable bonds is 5. The molecule has 2 aromatic carbocycles. The van der Waals surface area contributed by atoms with Crippen molar-refractivity contribution in [2.24, 2.45) is 0 Å². The number of hydrogen-bond donors (Lipinski definition) is 1. The molecule has 1 heterocycles. The first-order valence-electron chi connectivity index (χ1n) is 8.46. The van der Waals surface area contributed by atoms with Crippen LogP contribution in [0, 0.1) is 5.82 Å². The molecule has 4 nitrogen and oxygen atoms in total. The summed E-state index contributed by atoms with van der Waals surface area (Å²) in [5.74, 6) is 1.04. The van der Waals surface area contributed by atoms with Gasteiger partial charge in [0.25, 0.3) is 0 Å². The molecule has 0 saturated carbocycles. The summed E-state index contributed by atoms with van der Waals surface area (Å²) >= 11 is 11.4. The minimum absolute atomic E-state index is 0.0560. The SMILES string of the molecule is CCCN(C[C@@H]1COc2ccccc2O1)C(=S)Nc1ccc(F)c(Cl)c1. The molecule has 7 heteroatoms. The van der Waals surface area contributed by atoms with E-state index in [1.54, 1.807) is 6.07 Å². The van der Waals surface area contributed by atoms with E-state index in [0.29, 0.717) is 24.0 Å². The third-order valence-corrected chi connectivity index (χ3v) is 4.59. The van der Waals surface area contributed by atoms with Gasteiger partial charge in [-0.15, -0.1) is 0 Å². The number of ether oxygens (including phenoxy) is 2. The van der Waals surface area contributed by atoms with E-state index in [1.165, 1.54) is 12.1 Å². The fourth-order valence-corrected chi connectivity index (χ4v) is 3.19. The zero-order valence-corrected chi connectivity index (χ0v) is 15.9. The first-order chi connectivity index (χ1) is 12.6. The molecule has 1 aliphatic heterocycles. The fourth-order valence-electron chi connectivity index (χ4n) is 2.72. The van der Waals surface area contributed by atoms with Crippen molar-refractivity contribution >= 4 is 34.6 Å². The number of halogens is 2. The van der Waals surface area contributed by atoms with E-state index in [2.05, 4.69) is 12.2 Å². The molecule has 0 aliphatic carbocycles. The molecule has 0 unspecified atom stereocenters. The van der Waals surface area contributed by atoms with E-state index in [0.717, 1.165) is 24.5 Å². The van der Waals surface area contributed by atoms with Crippen LogP contribution in [0.2, 0.25) is 5.02 Å². The average molecular weight is 395 g/mol. The summed E-state index contributed by atoms with van der Waals surface area (Å²) in [6.07, 6.45) is 0.795. The normalized spacial score (nSPS) is 15.4. The number of nitrogens with zero attached hydrogens (tertiary/aromatic N) is 1. The van der Waals surface area contributed by atoms with E-state index < -0.39 is 5.82 Å². The first kappa shape index (κ1) is 18.7. The third-order valence-electron chi connectivity index (χ3n) is 3.94. The Morgan fingerprint density at radius 1 is 1.31 bits per heavy atom. The minimum Gasteiger partial charge on any atom is -0.486 e. The van der Waals surface area contributed by atoms with Gasteiger partial charge >= 0.3 is 0 Å². The van der Waals surface area contributed by atoms with Crippen LogP contribution >= 0.6 is 23.8 Å². The maximum Gasteiger partial charge on any atom is 0.173 e. The molecular formula is C19H20ClFN2O2S. The molecule has 0 saturated heterocycles. The van der Waals surface area contributed by atoms with Crippen LogP contribution in [0.25, 0.3) is 0 Å². The van der Waals surface area contributed by atoms with Crippen molar-refractivity contribution in [2.75, 3.05) is 25.0 Å². The van der Waals surface area contributed by atoms with Crippen molar-refractivity contribution in [2.45, 2.75) is 19.4 Å². The molecule has 26 heavy (non-hydrogen) atoms. The lowest BCUT2D eigenvalue weighted by atomic mass is 10.2. The van der Waals surface area contributed by atoms with E-state index in [-0.39, 0.29) is 11.1 Å². The quantitative estimate of drug-likeness (QED) is 0.741. The second kappa shape index (κ2) is 8.56. The second-order valence-electron chi connectivity index (χ2n) is 6.00. The molecule has 0 radical (unpaired) electrons. The lowest BCUT2D eigenvalue weighted by Gasteiger charge is -2.32. The van der Waals surface area contributed by atoms with Crippen LogP contribution < -0.4 is 14.8 Å². The molecule has 0 bridgehead atoms. The Labute approximate surface area is 162 Å². The summed E-state index contributed by atoms with van der Waals surface area (Å²) in [6.45, 7) is 3.89. The van der Waals surface area contributed by atoms with Crippen LogP contribution in [0.5, 0.6) is 11.5 Å². The third kappa shape index (κ3) is 4.56. The molecule has 1 N–H and O–H groups in total. The van der Waals surface area contributed by atoms with Crippen LogP contribution in [0.1, 0.15) is 13.3 Å². The van der Waals surface area contributed by atoms with Gasteiger partial charge < -0.3 is 19.7 Å². The van der Waals surface area contributed by atoms with Gasteiger partial charge in [-0.3, -0.25) is 0 Å². The van der Waals surface area contributed by atoms with Gasteiger partial charge in [0.1, 0.15) is 12.4 Å². The van der Waals surface area contributed by atoms with E-state index in [1.807, 2.05) is 29.2 Å². The molecule has 138 valence electrons. The highest BCUT2D eigenvalue weighted by molar-refractivity contribution is 7.80. The lowest BCUT2D eigenvalue weighted by Crippen LogP contribution is -2.45. The van der Waals surface area contributed by atoms with Crippen LogP contribution in [0.15, 0.2) is 42.5 Å². The van der Waals surface area contributed by atoms with Crippen LogP contribution in [-0.4, -0.2) is 35.8 Å². The Balaban J connectivity index is 1.65. The minimum atomic E-state index is -0.458. The van der Waals surface area contributed by atoms with Gasteiger partial charge in [0, 0.05) is 12.2 Å². The van der Waals surface area contributed by atoms with E-state index >= 15 is 0 Å². The Morgan fingerprint density at radius 2 is 2.08 bits per heavy atom. The summed E-state index contributed by atoms with van der Waals surface area (Å²) < 4.78 is 25.1. The number of para-hydroxylation sites is 2. The van der Waals surface area contributed by atoms with Crippen LogP contribution in [0.4, 0.5) is 10.1 Å². The summed E-state index contributed by atoms with van der Waals surface area (Å²) in [6, 6.07) is 12.0. The fraction of sp³-hybridized carbons (Fsp3) is 0.316. The molecule has 0 aromatic heterocycles. The highest BCUT2D eigenvalue weighted by Gasteiger charge is 2.24. The number of benzene rings is 2. The molecule has 1 aliphatic rings. The van der Waals surface area contributed by atoms with Gasteiger partial charge in [-0.1, -0.05) is 30.7 Å². The lowest BCUT2D eigenvalue weighted by molar-refractivity contribution is 0.0746. The molecule has 3 rings (SSSR count). The van der Waals surface area contributed by atoms with Crippen molar-refractivity contribution in [1.29, 1.82) is 0 Å². The number of hydrogen-bond acceptors (Lipinski definition) is 3. The Hall–Kier alpha value is -2.05. The molecule has 0 amide bonds. The van der Waals surface area contributed by atoms with Crippen molar-refractivity contribution in [1.82, 2.24) is 4.90 Å². The molecule has 0 fully saturated rings. The number of fused-ring (bicyclic) bond motifs is 1. The van der Waals surface area contributed by atoms with Gasteiger partial charge in [0.15, 0.2) is 22.7 Å². The predicted octanol–water partition coefficient (Wildman–Crippen LogP) is 4.73. The predicted molar refractivity (Wildman–Crippen MR) is 106 cm³/mol. The van der Waals surface area contributed by atoms with Crippen LogP contribution in [0.3, 0.4) is 0 Å². The van der Waals surface area contributed by atoms with E-state index in [9.17, 15) is 4.39 Å². The number of thiocarbonyl (C=S) groups is 1. The van der Waals surface area contributed by atoms with Crippen molar-refractivity contribution in [3.8, 4) is 11.5 Å². The summed E-state index contributed by atoms with van der Waals surface area (Å²) in [5, 5.41) is 3.71. The standard InChI is InChI=1S/C19H20ClFN2O2S/c1-2-9-23(19(26)22-13-7-8-16(21)15(20)10-13)11-14-12-24-17-5-3-4-6-18(17)25-14/h3-8,10,14H,2,9,11-12H2,1H3,(H,22,26)/t14-/m1/s1. The first-order valence-corrected chi connectivity index (χ1v) is 9.25. The zero-order valence-electron chi connectivity index (χ0n) is 14.4. The Morgan fingerprint density at radius 3 is 2.81 bits per heavy atom. The van der Waals surface area contributed by atoms with Crippen molar-refractivity contribution in [3.05, 3.63) is 53.3 Å². The topological polar surface area (TPSA) is 33.7 Å². The van der Waals surface area contributed by atoms with Gasteiger partial charge in [0.2, 0.25) is 0 Å². The Kier molecular flexibility index (Phi) is 6.16. The molecule has 2 aromatic rings. The highest BCUT2D eigenvalue weighted by atomic mass is 35.5. The van der Waals surface area contributed by atoms with Crippen molar-refractivity contribution < 1.29 is 13.9 Å². The van der Waals surface area contributed by atoms with Gasteiger partial charge in [-0.25, -0.2) is 4.39 Å². The highest BCUT2D eigenvalue weighted by Crippen LogP contribution is 2.31. The smallest absolute Gasteiger partial charge is 0.173 e. The van der Waals surface area contributed by atoms with Crippen molar-refractivity contribution in [3.63, 3.8) is 0 Å². The molecule has 1 atom stereocenters. The monoisotopic (exact) mass is 394 g/mol. The largest absolute Gasteiger partial charge is 0.486 e. The summed E-state index contributed by atoms with van der Waals surface area (Å²) in [7, 11) is 0. The molecular weight excluding hydrogens is 375 g/mol. The number of anilines is 1. The zero-order chi connectivity index (χ0) is 18.5. The average Bonchev–Trinajstić information content (AvgIpc) is 2.64. The van der Waals surface area contributed by atoms with Gasteiger partial charge in [0.05, 0.1) is 11.6 Å². The van der Waals surface area contributed by atoms with Gasteiger partial charge in [-0.2, -0.15) is 0 Å². The Bertz CT molecular complexity index is 790. The second-order valence-corrected chi connectivity index (χ2v) is 6.80.